The van der Waals surface area contributed by atoms with Crippen LogP contribution in [-0.4, -0.2) is 57.0 Å². The summed E-state index contributed by atoms with van der Waals surface area (Å²) in [7, 11) is 0. The molecule has 0 saturated carbocycles. The second-order valence-electron chi connectivity index (χ2n) is 7.43. The zero-order chi connectivity index (χ0) is 20.3. The van der Waals surface area contributed by atoms with Gasteiger partial charge in [-0.1, -0.05) is 0 Å². The number of halogens is 2. The van der Waals surface area contributed by atoms with E-state index >= 15 is 0 Å². The van der Waals surface area contributed by atoms with Crippen molar-refractivity contribution < 1.29 is 13.9 Å². The lowest BCUT2D eigenvalue weighted by Crippen LogP contribution is -2.38. The number of benzene rings is 1. The van der Waals surface area contributed by atoms with Gasteiger partial charge in [0.1, 0.15) is 5.82 Å². The van der Waals surface area contributed by atoms with Crippen LogP contribution in [0, 0.1) is 11.7 Å². The lowest BCUT2D eigenvalue weighted by Gasteiger charge is -2.21. The van der Waals surface area contributed by atoms with Gasteiger partial charge < -0.3 is 25.1 Å². The minimum atomic E-state index is -0.220. The fraction of sp³-hybridized carbons (Fsp3) is 0.591. The Labute approximate surface area is 195 Å². The molecule has 1 aromatic heterocycles. The minimum absolute atomic E-state index is 0. The fourth-order valence-corrected chi connectivity index (χ4v) is 3.54. The molecule has 30 heavy (non-hydrogen) atoms. The van der Waals surface area contributed by atoms with Crippen molar-refractivity contribution in [2.75, 3.05) is 46.1 Å². The van der Waals surface area contributed by atoms with Crippen LogP contribution in [-0.2, 0) is 15.9 Å². The van der Waals surface area contributed by atoms with Crippen LogP contribution in [0.1, 0.15) is 31.7 Å². The number of guanidine groups is 1. The second-order valence-corrected chi connectivity index (χ2v) is 7.43. The molecule has 2 aromatic rings. The molecule has 3 rings (SSSR count). The van der Waals surface area contributed by atoms with E-state index in [1.165, 1.54) is 17.7 Å². The van der Waals surface area contributed by atoms with Gasteiger partial charge in [0.2, 0.25) is 0 Å². The quantitative estimate of drug-likeness (QED) is 0.188. The Bertz CT molecular complexity index is 778. The molecule has 0 amide bonds. The topological polar surface area (TPSA) is 70.7 Å². The molecule has 0 bridgehead atoms. The smallest absolute Gasteiger partial charge is 0.191 e. The van der Waals surface area contributed by atoms with E-state index in [1.807, 2.05) is 12.3 Å². The molecule has 8 heteroatoms. The molecule has 168 valence electrons. The number of aromatic nitrogens is 1. The predicted octanol–water partition coefficient (Wildman–Crippen LogP) is 3.86. The highest BCUT2D eigenvalue weighted by Crippen LogP contribution is 2.19. The van der Waals surface area contributed by atoms with Crippen molar-refractivity contribution >= 4 is 40.8 Å². The number of nitrogens with one attached hydrogen (secondary N) is 3. The third-order valence-electron chi connectivity index (χ3n) is 5.17. The van der Waals surface area contributed by atoms with Crippen molar-refractivity contribution in [1.29, 1.82) is 0 Å². The summed E-state index contributed by atoms with van der Waals surface area (Å²) in [5.74, 6) is 1.25. The monoisotopic (exact) mass is 532 g/mol. The van der Waals surface area contributed by atoms with Gasteiger partial charge in [0.25, 0.3) is 0 Å². The predicted molar refractivity (Wildman–Crippen MR) is 130 cm³/mol. The molecule has 0 spiro atoms. The average Bonchev–Trinajstić information content (AvgIpc) is 3.13. The standard InChI is InChI=1S/C22H33FN4O2.HI/c1-2-24-22(25-9-3-11-29-16-17-7-12-28-13-8-17)26-10-6-18-15-27-21-14-19(23)4-5-20(18)21;/h4-5,14-15,17,27H,2-3,6-13,16H2,1H3,(H2,24,25,26);1H. The molecule has 0 unspecified atom stereocenters. The van der Waals surface area contributed by atoms with Gasteiger partial charge in [-0.3, -0.25) is 4.99 Å². The number of fused-ring (bicyclic) bond motifs is 1. The maximum absolute atomic E-state index is 13.3. The highest BCUT2D eigenvalue weighted by Gasteiger charge is 2.13. The number of H-pyrrole nitrogens is 1. The fourth-order valence-electron chi connectivity index (χ4n) is 3.54. The number of nitrogens with zero attached hydrogens (tertiary/aromatic N) is 1. The summed E-state index contributed by atoms with van der Waals surface area (Å²) in [4.78, 5) is 7.76. The number of rotatable bonds is 10. The summed E-state index contributed by atoms with van der Waals surface area (Å²) < 4.78 is 24.5. The van der Waals surface area contributed by atoms with Crippen molar-refractivity contribution in [2.45, 2.75) is 32.6 Å². The van der Waals surface area contributed by atoms with E-state index in [2.05, 4.69) is 27.5 Å². The zero-order valence-corrected chi connectivity index (χ0v) is 20.0. The van der Waals surface area contributed by atoms with E-state index in [-0.39, 0.29) is 29.8 Å². The summed E-state index contributed by atoms with van der Waals surface area (Å²) in [5, 5.41) is 7.72. The summed E-state index contributed by atoms with van der Waals surface area (Å²) in [6.45, 7) is 7.68. The number of ether oxygens (including phenoxy) is 2. The summed E-state index contributed by atoms with van der Waals surface area (Å²) in [5.41, 5.74) is 2.01. The van der Waals surface area contributed by atoms with Gasteiger partial charge in [0.05, 0.1) is 0 Å². The highest BCUT2D eigenvalue weighted by atomic mass is 127. The lowest BCUT2D eigenvalue weighted by atomic mass is 10.0. The van der Waals surface area contributed by atoms with Crippen LogP contribution in [0.3, 0.4) is 0 Å². The molecule has 1 aromatic carbocycles. The number of hydrogen-bond donors (Lipinski definition) is 3. The summed E-state index contributed by atoms with van der Waals surface area (Å²) in [6.07, 6.45) is 5.92. The first-order valence-corrected chi connectivity index (χ1v) is 10.7. The molecule has 2 heterocycles. The third kappa shape index (κ3) is 8.03. The van der Waals surface area contributed by atoms with Crippen LogP contribution in [0.15, 0.2) is 29.4 Å². The van der Waals surface area contributed by atoms with Gasteiger partial charge in [-0.2, -0.15) is 0 Å². The van der Waals surface area contributed by atoms with Crippen LogP contribution in [0.2, 0.25) is 0 Å². The van der Waals surface area contributed by atoms with Crippen LogP contribution in [0.25, 0.3) is 10.9 Å². The van der Waals surface area contributed by atoms with E-state index in [0.29, 0.717) is 5.92 Å². The van der Waals surface area contributed by atoms with Gasteiger partial charge in [0.15, 0.2) is 5.96 Å². The molecule has 0 radical (unpaired) electrons. The highest BCUT2D eigenvalue weighted by molar-refractivity contribution is 14.0. The first kappa shape index (κ1) is 24.9. The minimum Gasteiger partial charge on any atom is -0.381 e. The summed E-state index contributed by atoms with van der Waals surface area (Å²) >= 11 is 0. The Kier molecular flexibility index (Phi) is 11.5. The molecule has 1 fully saturated rings. The molecule has 1 aliphatic heterocycles. The Hall–Kier alpha value is -1.39. The molecular formula is C22H34FIN4O2. The average molecular weight is 532 g/mol. The van der Waals surface area contributed by atoms with E-state index < -0.39 is 0 Å². The Morgan fingerprint density at radius 2 is 2.13 bits per heavy atom. The van der Waals surface area contributed by atoms with Crippen molar-refractivity contribution in [1.82, 2.24) is 15.6 Å². The van der Waals surface area contributed by atoms with Crippen molar-refractivity contribution in [3.63, 3.8) is 0 Å². The molecule has 0 aliphatic carbocycles. The van der Waals surface area contributed by atoms with Crippen molar-refractivity contribution in [2.24, 2.45) is 10.9 Å². The van der Waals surface area contributed by atoms with Crippen molar-refractivity contribution in [3.05, 3.63) is 35.8 Å². The normalized spacial score (nSPS) is 15.2. The number of aromatic amines is 1. The van der Waals surface area contributed by atoms with Crippen LogP contribution in [0.5, 0.6) is 0 Å². The maximum Gasteiger partial charge on any atom is 0.191 e. The largest absolute Gasteiger partial charge is 0.381 e. The SMILES string of the molecule is CCNC(=NCCCOCC1CCOCC1)NCCc1c[nH]c2cc(F)ccc12.I. The third-order valence-corrected chi connectivity index (χ3v) is 5.17. The van der Waals surface area contributed by atoms with Gasteiger partial charge in [0, 0.05) is 63.2 Å². The molecule has 3 N–H and O–H groups in total. The maximum atomic E-state index is 13.3. The van der Waals surface area contributed by atoms with Crippen LogP contribution in [0.4, 0.5) is 4.39 Å². The van der Waals surface area contributed by atoms with E-state index in [9.17, 15) is 4.39 Å². The van der Waals surface area contributed by atoms with E-state index in [0.717, 1.165) is 88.6 Å². The number of hydrogen-bond acceptors (Lipinski definition) is 3. The second kappa shape index (κ2) is 13.8. The van der Waals surface area contributed by atoms with Gasteiger partial charge >= 0.3 is 0 Å². The Morgan fingerprint density at radius 1 is 1.30 bits per heavy atom. The van der Waals surface area contributed by atoms with Gasteiger partial charge in [-0.05, 0) is 62.3 Å². The number of aliphatic imine (C=N–C) groups is 1. The molecule has 1 saturated heterocycles. The zero-order valence-electron chi connectivity index (χ0n) is 17.7. The molecular weight excluding hydrogens is 498 g/mol. The van der Waals surface area contributed by atoms with Gasteiger partial charge in [-0.25, -0.2) is 4.39 Å². The van der Waals surface area contributed by atoms with Gasteiger partial charge in [-0.15, -0.1) is 24.0 Å². The van der Waals surface area contributed by atoms with E-state index in [1.54, 1.807) is 0 Å². The van der Waals surface area contributed by atoms with E-state index in [4.69, 9.17) is 9.47 Å². The Balaban J connectivity index is 0.00000320. The summed E-state index contributed by atoms with van der Waals surface area (Å²) in [6, 6.07) is 4.86. The van der Waals surface area contributed by atoms with Crippen LogP contribution >= 0.6 is 24.0 Å². The lowest BCUT2D eigenvalue weighted by molar-refractivity contribution is 0.0205. The molecule has 6 nitrogen and oxygen atoms in total. The first-order valence-electron chi connectivity index (χ1n) is 10.7. The van der Waals surface area contributed by atoms with Crippen molar-refractivity contribution in [3.8, 4) is 0 Å². The van der Waals surface area contributed by atoms with Crippen LogP contribution < -0.4 is 10.6 Å². The molecule has 1 aliphatic rings. The Morgan fingerprint density at radius 3 is 2.93 bits per heavy atom. The first-order chi connectivity index (χ1) is 14.3. The molecule has 0 atom stereocenters.